The Labute approximate surface area is 96.4 Å². The summed E-state index contributed by atoms with van der Waals surface area (Å²) in [6, 6.07) is 0. The third-order valence-corrected chi connectivity index (χ3v) is 3.26. The maximum absolute atomic E-state index is 10.6. The van der Waals surface area contributed by atoms with Gasteiger partial charge in [-0.3, -0.25) is 9.48 Å². The summed E-state index contributed by atoms with van der Waals surface area (Å²) in [5, 5.41) is 13.0. The summed E-state index contributed by atoms with van der Waals surface area (Å²) in [7, 11) is 0. The Hall–Kier alpha value is -0.590. The predicted octanol–water partition coefficient (Wildman–Crippen LogP) is 1.70. The zero-order chi connectivity index (χ0) is 10.7. The van der Waals surface area contributed by atoms with E-state index in [1.807, 2.05) is 13.8 Å². The highest BCUT2D eigenvalue weighted by molar-refractivity contribution is 14.1. The van der Waals surface area contributed by atoms with Gasteiger partial charge in [0.25, 0.3) is 0 Å². The Balaban J connectivity index is 3.08. The van der Waals surface area contributed by atoms with E-state index < -0.39 is 5.97 Å². The minimum atomic E-state index is -0.846. The highest BCUT2D eigenvalue weighted by Gasteiger charge is 2.14. The molecule has 0 spiro atoms. The average molecular weight is 308 g/mol. The van der Waals surface area contributed by atoms with Crippen molar-refractivity contribution in [2.45, 2.75) is 33.2 Å². The van der Waals surface area contributed by atoms with Crippen molar-refractivity contribution in [2.75, 3.05) is 0 Å². The first-order chi connectivity index (χ1) is 6.60. The van der Waals surface area contributed by atoms with Gasteiger partial charge in [-0.2, -0.15) is 5.10 Å². The number of halogens is 1. The quantitative estimate of drug-likeness (QED) is 0.861. The molecule has 0 atom stereocenters. The van der Waals surface area contributed by atoms with Crippen LogP contribution in [0, 0.1) is 3.57 Å². The van der Waals surface area contributed by atoms with Gasteiger partial charge in [0.1, 0.15) is 6.54 Å². The summed E-state index contributed by atoms with van der Waals surface area (Å²) in [6.07, 6.45) is 1.66. The second-order valence-electron chi connectivity index (χ2n) is 2.97. The van der Waals surface area contributed by atoms with Crippen LogP contribution in [0.25, 0.3) is 0 Å². The number of hydrogen-bond acceptors (Lipinski definition) is 2. The Morgan fingerprint density at radius 1 is 1.50 bits per heavy atom. The van der Waals surface area contributed by atoms with Crippen LogP contribution >= 0.6 is 22.6 Å². The molecular weight excluding hydrogens is 295 g/mol. The number of hydrogen-bond donors (Lipinski definition) is 1. The lowest BCUT2D eigenvalue weighted by Crippen LogP contribution is -2.13. The van der Waals surface area contributed by atoms with Gasteiger partial charge in [-0.15, -0.1) is 0 Å². The predicted molar refractivity (Wildman–Crippen MR) is 61.3 cm³/mol. The zero-order valence-corrected chi connectivity index (χ0v) is 10.4. The van der Waals surface area contributed by atoms with E-state index >= 15 is 0 Å². The third kappa shape index (κ3) is 2.26. The van der Waals surface area contributed by atoms with Crippen LogP contribution in [0.3, 0.4) is 0 Å². The molecule has 14 heavy (non-hydrogen) atoms. The summed E-state index contributed by atoms with van der Waals surface area (Å²) in [4.78, 5) is 10.6. The maximum Gasteiger partial charge on any atom is 0.325 e. The van der Waals surface area contributed by atoms with Crippen LogP contribution in [0.15, 0.2) is 0 Å². The summed E-state index contributed by atoms with van der Waals surface area (Å²) >= 11 is 2.23. The molecule has 1 aromatic heterocycles. The Morgan fingerprint density at radius 3 is 2.57 bits per heavy atom. The number of carboxylic acid groups (broad SMARTS) is 1. The molecule has 4 nitrogen and oxygen atoms in total. The van der Waals surface area contributed by atoms with Crippen LogP contribution < -0.4 is 0 Å². The zero-order valence-electron chi connectivity index (χ0n) is 8.25. The molecule has 1 N–H and O–H groups in total. The van der Waals surface area contributed by atoms with E-state index in [1.54, 1.807) is 4.68 Å². The highest BCUT2D eigenvalue weighted by atomic mass is 127. The molecule has 1 heterocycles. The number of nitrogens with zero attached hydrogens (tertiary/aromatic N) is 2. The molecule has 1 rings (SSSR count). The van der Waals surface area contributed by atoms with Crippen molar-refractivity contribution in [1.82, 2.24) is 9.78 Å². The van der Waals surface area contributed by atoms with Crippen molar-refractivity contribution in [2.24, 2.45) is 0 Å². The van der Waals surface area contributed by atoms with Gasteiger partial charge < -0.3 is 5.11 Å². The maximum atomic E-state index is 10.6. The normalized spacial score (nSPS) is 10.5. The molecule has 0 aliphatic rings. The van der Waals surface area contributed by atoms with Crippen molar-refractivity contribution in [1.29, 1.82) is 0 Å². The van der Waals surface area contributed by atoms with Crippen molar-refractivity contribution in [3.05, 3.63) is 15.0 Å². The fourth-order valence-electron chi connectivity index (χ4n) is 1.35. The van der Waals surface area contributed by atoms with E-state index in [9.17, 15) is 4.79 Å². The van der Waals surface area contributed by atoms with Gasteiger partial charge in [0.2, 0.25) is 0 Å². The molecule has 0 amide bonds. The Morgan fingerprint density at radius 2 is 2.14 bits per heavy atom. The van der Waals surface area contributed by atoms with Crippen molar-refractivity contribution < 1.29 is 9.90 Å². The first-order valence-electron chi connectivity index (χ1n) is 4.56. The molecule has 0 radical (unpaired) electrons. The van der Waals surface area contributed by atoms with Gasteiger partial charge in [0, 0.05) is 0 Å². The number of carbonyl (C=O) groups is 1. The molecule has 1 aromatic rings. The molecule has 0 fully saturated rings. The van der Waals surface area contributed by atoms with Crippen LogP contribution in [-0.4, -0.2) is 20.9 Å². The molecule has 5 heteroatoms. The van der Waals surface area contributed by atoms with Gasteiger partial charge in [-0.25, -0.2) is 0 Å². The Bertz CT molecular complexity index is 347. The number of rotatable bonds is 4. The van der Waals surface area contributed by atoms with Crippen molar-refractivity contribution in [3.63, 3.8) is 0 Å². The molecule has 0 unspecified atom stereocenters. The Kier molecular flexibility index (Phi) is 3.91. The second-order valence-corrected chi connectivity index (χ2v) is 4.04. The highest BCUT2D eigenvalue weighted by Crippen LogP contribution is 2.18. The smallest absolute Gasteiger partial charge is 0.325 e. The van der Waals surface area contributed by atoms with E-state index in [-0.39, 0.29) is 6.54 Å². The summed E-state index contributed by atoms with van der Waals surface area (Å²) in [6.45, 7) is 3.99. The van der Waals surface area contributed by atoms with Crippen molar-refractivity contribution >= 4 is 28.6 Å². The lowest BCUT2D eigenvalue weighted by Gasteiger charge is -2.01. The number of aromatic nitrogens is 2. The summed E-state index contributed by atoms with van der Waals surface area (Å²) in [5.41, 5.74) is 2.01. The first kappa shape index (κ1) is 11.5. The second kappa shape index (κ2) is 4.77. The van der Waals surface area contributed by atoms with Crippen LogP contribution in [0.4, 0.5) is 0 Å². The molecule has 0 saturated heterocycles. The SMILES string of the molecule is CCc1nn(CC(=O)O)c(CC)c1I. The van der Waals surface area contributed by atoms with Crippen LogP contribution in [-0.2, 0) is 24.2 Å². The lowest BCUT2D eigenvalue weighted by atomic mass is 10.2. The molecule has 0 aromatic carbocycles. The topological polar surface area (TPSA) is 55.1 Å². The number of aliphatic carboxylic acids is 1. The molecule has 0 aliphatic heterocycles. The fraction of sp³-hybridized carbons (Fsp3) is 0.556. The van der Waals surface area contributed by atoms with Crippen LogP contribution in [0.5, 0.6) is 0 Å². The number of carboxylic acids is 1. The fourth-order valence-corrected chi connectivity index (χ4v) is 2.50. The lowest BCUT2D eigenvalue weighted by molar-refractivity contribution is -0.137. The number of aryl methyl sites for hydroxylation is 1. The minimum Gasteiger partial charge on any atom is -0.480 e. The standard InChI is InChI=1S/C9H13IN2O2/c1-3-6-9(10)7(4-2)12(11-6)5-8(13)14/h3-5H2,1-2H3,(H,13,14). The molecule has 78 valence electrons. The minimum absolute atomic E-state index is 0.0425. The largest absolute Gasteiger partial charge is 0.480 e. The molecule has 0 aliphatic carbocycles. The van der Waals surface area contributed by atoms with Gasteiger partial charge in [0.05, 0.1) is 15.0 Å². The van der Waals surface area contributed by atoms with E-state index in [1.165, 1.54) is 0 Å². The summed E-state index contributed by atoms with van der Waals surface area (Å²) in [5.74, 6) is -0.846. The monoisotopic (exact) mass is 308 g/mol. The van der Waals surface area contributed by atoms with Gasteiger partial charge in [-0.1, -0.05) is 13.8 Å². The molecule has 0 saturated carbocycles. The van der Waals surface area contributed by atoms with E-state index in [4.69, 9.17) is 5.11 Å². The van der Waals surface area contributed by atoms with Crippen molar-refractivity contribution in [3.8, 4) is 0 Å². The van der Waals surface area contributed by atoms with E-state index in [2.05, 4.69) is 27.7 Å². The first-order valence-corrected chi connectivity index (χ1v) is 5.63. The van der Waals surface area contributed by atoms with E-state index in [0.717, 1.165) is 27.8 Å². The average Bonchev–Trinajstić information content (AvgIpc) is 2.41. The third-order valence-electron chi connectivity index (χ3n) is 2.01. The van der Waals surface area contributed by atoms with Crippen LogP contribution in [0.1, 0.15) is 25.2 Å². The molecule has 0 bridgehead atoms. The summed E-state index contributed by atoms with van der Waals surface area (Å²) < 4.78 is 2.69. The van der Waals surface area contributed by atoms with Crippen LogP contribution in [0.2, 0.25) is 0 Å². The van der Waals surface area contributed by atoms with Gasteiger partial charge in [-0.05, 0) is 35.4 Å². The van der Waals surface area contributed by atoms with E-state index in [0.29, 0.717) is 0 Å². The molecular formula is C9H13IN2O2. The van der Waals surface area contributed by atoms with Gasteiger partial charge in [0.15, 0.2) is 0 Å². The van der Waals surface area contributed by atoms with Gasteiger partial charge >= 0.3 is 5.97 Å².